The largest absolute Gasteiger partial charge is 0.466 e. The van der Waals surface area contributed by atoms with Gasteiger partial charge >= 0.3 is 5.97 Å². The fraction of sp³-hybridized carbons (Fsp3) is 0.500. The van der Waals surface area contributed by atoms with Gasteiger partial charge in [-0.1, -0.05) is 31.2 Å². The molecular weight excluding hydrogens is 202 g/mol. The van der Waals surface area contributed by atoms with Gasteiger partial charge in [0.25, 0.3) is 0 Å². The molecule has 0 unspecified atom stereocenters. The molecule has 80 valence electrons. The minimum absolute atomic E-state index is 0.279. The maximum Gasteiger partial charge on any atom is 0.333 e. The molecule has 0 fully saturated rings. The van der Waals surface area contributed by atoms with Crippen molar-refractivity contribution in [2.45, 2.75) is 13.3 Å². The third-order valence-electron chi connectivity index (χ3n) is 1.64. The smallest absolute Gasteiger partial charge is 0.333 e. The average molecular weight is 218 g/mol. The van der Waals surface area contributed by atoms with E-state index in [0.29, 0.717) is 30.1 Å². The SMILES string of the molecule is C=C(Cl)CNCC=C(CC)C(=O)OC. The third kappa shape index (κ3) is 5.78. The molecule has 0 amide bonds. The van der Waals surface area contributed by atoms with Crippen molar-refractivity contribution >= 4 is 17.6 Å². The van der Waals surface area contributed by atoms with E-state index in [1.807, 2.05) is 6.92 Å². The van der Waals surface area contributed by atoms with Gasteiger partial charge in [-0.05, 0) is 6.42 Å². The van der Waals surface area contributed by atoms with E-state index in [1.165, 1.54) is 7.11 Å². The highest BCUT2D eigenvalue weighted by atomic mass is 35.5. The zero-order valence-corrected chi connectivity index (χ0v) is 9.36. The molecule has 4 heteroatoms. The lowest BCUT2D eigenvalue weighted by molar-refractivity contribution is -0.136. The van der Waals surface area contributed by atoms with Crippen molar-refractivity contribution in [3.8, 4) is 0 Å². The maximum atomic E-state index is 11.1. The van der Waals surface area contributed by atoms with E-state index in [1.54, 1.807) is 6.08 Å². The van der Waals surface area contributed by atoms with Gasteiger partial charge in [0.15, 0.2) is 0 Å². The lowest BCUT2D eigenvalue weighted by atomic mass is 10.2. The van der Waals surface area contributed by atoms with Gasteiger partial charge in [0.05, 0.1) is 7.11 Å². The topological polar surface area (TPSA) is 38.3 Å². The Bertz CT molecular complexity index is 236. The van der Waals surface area contributed by atoms with E-state index in [9.17, 15) is 4.79 Å². The van der Waals surface area contributed by atoms with Crippen molar-refractivity contribution < 1.29 is 9.53 Å². The zero-order chi connectivity index (χ0) is 11.0. The Kier molecular flexibility index (Phi) is 7.16. The number of hydrogen-bond acceptors (Lipinski definition) is 3. The average Bonchev–Trinajstić information content (AvgIpc) is 2.16. The fourth-order valence-electron chi connectivity index (χ4n) is 0.906. The maximum absolute atomic E-state index is 11.1. The molecule has 0 aliphatic carbocycles. The van der Waals surface area contributed by atoms with E-state index in [-0.39, 0.29) is 5.97 Å². The highest BCUT2D eigenvalue weighted by Crippen LogP contribution is 2.01. The normalized spacial score (nSPS) is 11.2. The summed E-state index contributed by atoms with van der Waals surface area (Å²) in [4.78, 5) is 11.1. The highest BCUT2D eigenvalue weighted by Gasteiger charge is 2.05. The first kappa shape index (κ1) is 13.2. The Morgan fingerprint density at radius 1 is 1.64 bits per heavy atom. The van der Waals surface area contributed by atoms with Crippen LogP contribution in [-0.4, -0.2) is 26.2 Å². The number of esters is 1. The van der Waals surface area contributed by atoms with Gasteiger partial charge in [0.1, 0.15) is 0 Å². The Labute approximate surface area is 89.8 Å². The van der Waals surface area contributed by atoms with E-state index in [0.717, 1.165) is 0 Å². The zero-order valence-electron chi connectivity index (χ0n) is 8.60. The summed E-state index contributed by atoms with van der Waals surface area (Å²) in [7, 11) is 1.37. The number of halogens is 1. The van der Waals surface area contributed by atoms with Crippen LogP contribution in [0.25, 0.3) is 0 Å². The molecule has 0 heterocycles. The number of methoxy groups -OCH3 is 1. The Hall–Kier alpha value is -0.800. The van der Waals surface area contributed by atoms with E-state index < -0.39 is 0 Å². The molecule has 0 aromatic rings. The van der Waals surface area contributed by atoms with Gasteiger partial charge in [-0.15, -0.1) is 0 Å². The first-order valence-electron chi connectivity index (χ1n) is 4.43. The number of carbonyl (C=O) groups is 1. The van der Waals surface area contributed by atoms with Crippen molar-refractivity contribution in [3.63, 3.8) is 0 Å². The monoisotopic (exact) mass is 217 g/mol. The molecule has 0 aromatic heterocycles. The first-order chi connectivity index (χ1) is 6.61. The van der Waals surface area contributed by atoms with Crippen LogP contribution in [0.1, 0.15) is 13.3 Å². The minimum atomic E-state index is -0.279. The third-order valence-corrected chi connectivity index (χ3v) is 1.77. The minimum Gasteiger partial charge on any atom is -0.466 e. The molecule has 1 N–H and O–H groups in total. The number of ether oxygens (including phenoxy) is 1. The lowest BCUT2D eigenvalue weighted by Gasteiger charge is -2.03. The molecule has 0 atom stereocenters. The summed E-state index contributed by atoms with van der Waals surface area (Å²) in [6.45, 7) is 6.57. The standard InChI is InChI=1S/C10H16ClNO2/c1-4-9(10(13)14-3)5-6-12-7-8(2)11/h5,12H,2,4,6-7H2,1,3H3. The summed E-state index contributed by atoms with van der Waals surface area (Å²) in [5, 5.41) is 3.56. The summed E-state index contributed by atoms with van der Waals surface area (Å²) in [5.74, 6) is -0.279. The Morgan fingerprint density at radius 3 is 2.71 bits per heavy atom. The van der Waals surface area contributed by atoms with Crippen molar-refractivity contribution in [1.82, 2.24) is 5.32 Å². The lowest BCUT2D eigenvalue weighted by Crippen LogP contribution is -2.16. The predicted octanol–water partition coefficient (Wildman–Crippen LogP) is 1.84. The van der Waals surface area contributed by atoms with Gasteiger partial charge in [0.2, 0.25) is 0 Å². The summed E-state index contributed by atoms with van der Waals surface area (Å²) in [5.41, 5.74) is 0.667. The van der Waals surface area contributed by atoms with Gasteiger partial charge in [0, 0.05) is 23.7 Å². The molecule has 0 aliphatic rings. The molecule has 0 rings (SSSR count). The second-order valence-corrected chi connectivity index (χ2v) is 3.26. The van der Waals surface area contributed by atoms with Gasteiger partial charge < -0.3 is 10.1 Å². The van der Waals surface area contributed by atoms with Crippen molar-refractivity contribution in [2.24, 2.45) is 0 Å². The molecular formula is C10H16ClNO2. The molecule has 0 saturated carbocycles. The second-order valence-electron chi connectivity index (χ2n) is 2.72. The van der Waals surface area contributed by atoms with E-state index in [2.05, 4.69) is 16.6 Å². The second kappa shape index (κ2) is 7.59. The molecule has 14 heavy (non-hydrogen) atoms. The fourth-order valence-corrected chi connectivity index (χ4v) is 1.00. The van der Waals surface area contributed by atoms with Crippen LogP contribution in [0.4, 0.5) is 0 Å². The Morgan fingerprint density at radius 2 is 2.29 bits per heavy atom. The van der Waals surface area contributed by atoms with Gasteiger partial charge in [-0.3, -0.25) is 0 Å². The summed E-state index contributed by atoms with van der Waals surface area (Å²) >= 11 is 5.55. The van der Waals surface area contributed by atoms with Crippen LogP contribution in [0.3, 0.4) is 0 Å². The molecule has 0 aliphatic heterocycles. The number of hydrogen-bond donors (Lipinski definition) is 1. The summed E-state index contributed by atoms with van der Waals surface area (Å²) in [6, 6.07) is 0. The summed E-state index contributed by atoms with van der Waals surface area (Å²) < 4.78 is 4.60. The number of rotatable bonds is 6. The van der Waals surface area contributed by atoms with Crippen LogP contribution in [-0.2, 0) is 9.53 Å². The quantitative estimate of drug-likeness (QED) is 0.419. The van der Waals surface area contributed by atoms with Crippen molar-refractivity contribution in [1.29, 1.82) is 0 Å². The van der Waals surface area contributed by atoms with Crippen LogP contribution < -0.4 is 5.32 Å². The van der Waals surface area contributed by atoms with E-state index >= 15 is 0 Å². The Balaban J connectivity index is 3.93. The van der Waals surface area contributed by atoms with Crippen LogP contribution >= 0.6 is 11.6 Å². The van der Waals surface area contributed by atoms with Crippen LogP contribution in [0.15, 0.2) is 23.3 Å². The molecule has 0 spiro atoms. The van der Waals surface area contributed by atoms with Crippen LogP contribution in [0.5, 0.6) is 0 Å². The predicted molar refractivity (Wildman–Crippen MR) is 58.3 cm³/mol. The molecule has 3 nitrogen and oxygen atoms in total. The number of nitrogens with one attached hydrogen (secondary N) is 1. The van der Waals surface area contributed by atoms with Crippen LogP contribution in [0, 0.1) is 0 Å². The number of carbonyl (C=O) groups excluding carboxylic acids is 1. The highest BCUT2D eigenvalue weighted by molar-refractivity contribution is 6.29. The molecule has 0 radical (unpaired) electrons. The first-order valence-corrected chi connectivity index (χ1v) is 4.81. The van der Waals surface area contributed by atoms with E-state index in [4.69, 9.17) is 11.6 Å². The van der Waals surface area contributed by atoms with Crippen LogP contribution in [0.2, 0.25) is 0 Å². The molecule has 0 aromatic carbocycles. The van der Waals surface area contributed by atoms with Gasteiger partial charge in [-0.2, -0.15) is 0 Å². The summed E-state index contributed by atoms with van der Waals surface area (Å²) in [6.07, 6.45) is 2.46. The molecule has 0 bridgehead atoms. The molecule has 0 saturated heterocycles. The van der Waals surface area contributed by atoms with Gasteiger partial charge in [-0.25, -0.2) is 4.79 Å². The van der Waals surface area contributed by atoms with Crippen molar-refractivity contribution in [2.75, 3.05) is 20.2 Å². The van der Waals surface area contributed by atoms with Crippen molar-refractivity contribution in [3.05, 3.63) is 23.3 Å².